The summed E-state index contributed by atoms with van der Waals surface area (Å²) in [6.07, 6.45) is -3.27. The molecule has 0 saturated carbocycles. The van der Waals surface area contributed by atoms with Crippen LogP contribution < -0.4 is 0 Å². The van der Waals surface area contributed by atoms with Crippen molar-refractivity contribution in [1.82, 2.24) is 0 Å². The van der Waals surface area contributed by atoms with E-state index in [9.17, 15) is 18.0 Å². The Balaban J connectivity index is 2.64. The van der Waals surface area contributed by atoms with Gasteiger partial charge in [-0.2, -0.15) is 13.2 Å². The lowest BCUT2D eigenvalue weighted by Gasteiger charge is -2.05. The normalized spacial score (nSPS) is 12.1. The molecule has 0 fully saturated rings. The molecule has 0 aliphatic carbocycles. The Morgan fingerprint density at radius 3 is 2.56 bits per heavy atom. The molecular weight excluding hydrogens is 247 g/mol. The topological polar surface area (TPSA) is 38.7 Å². The maximum Gasteiger partial charge on any atom is 0.417 e. The van der Waals surface area contributed by atoms with Crippen molar-refractivity contribution in [3.63, 3.8) is 0 Å². The second-order valence-corrected chi connectivity index (χ2v) is 3.83. The lowest BCUT2D eigenvalue weighted by Crippen LogP contribution is -2.08. The van der Waals surface area contributed by atoms with Crippen molar-refractivity contribution in [2.75, 3.05) is 0 Å². The van der Waals surface area contributed by atoms with Crippen molar-refractivity contribution in [1.29, 1.82) is 0 Å². The molecule has 0 spiro atoms. The second-order valence-electron chi connectivity index (χ2n) is 3.83. The van der Waals surface area contributed by atoms with Crippen LogP contribution in [0.2, 0.25) is 0 Å². The first-order valence-electron chi connectivity index (χ1n) is 5.14. The number of halogens is 3. The Hall–Kier alpha value is -1.85. The van der Waals surface area contributed by atoms with Gasteiger partial charge in [0, 0.05) is 0 Å². The van der Waals surface area contributed by atoms with Gasteiger partial charge in [0.25, 0.3) is 0 Å². The fraction of sp³-hybridized carbons (Fsp3) is 0.333. The van der Waals surface area contributed by atoms with Crippen LogP contribution in [0.25, 0.3) is 0 Å². The van der Waals surface area contributed by atoms with Gasteiger partial charge in [-0.25, -0.2) is 4.79 Å². The summed E-state index contributed by atoms with van der Waals surface area (Å²) >= 11 is 0. The maximum atomic E-state index is 12.2. The molecule has 0 aliphatic heterocycles. The van der Waals surface area contributed by atoms with Gasteiger partial charge in [-0.15, -0.1) is 0 Å². The Morgan fingerprint density at radius 2 is 2.11 bits per heavy atom. The third-order valence-electron chi connectivity index (χ3n) is 1.96. The quantitative estimate of drug-likeness (QED) is 0.475. The minimum atomic E-state index is -4.42. The zero-order valence-electron chi connectivity index (χ0n) is 9.78. The largest absolute Gasteiger partial charge is 0.417 e. The van der Waals surface area contributed by atoms with E-state index in [1.165, 1.54) is 6.07 Å². The highest BCUT2D eigenvalue weighted by Gasteiger charge is 2.30. The number of carbonyl (C=O) groups is 1. The van der Waals surface area contributed by atoms with Gasteiger partial charge in [-0.1, -0.05) is 25.1 Å². The molecule has 0 amide bonds. The molecular formula is C12H11F3NO2. The average Bonchev–Trinajstić information content (AvgIpc) is 2.28. The van der Waals surface area contributed by atoms with Crippen molar-refractivity contribution in [2.24, 2.45) is 11.1 Å². The predicted molar refractivity (Wildman–Crippen MR) is 58.8 cm³/mol. The number of alkyl halides is 3. The van der Waals surface area contributed by atoms with E-state index in [0.29, 0.717) is 5.56 Å². The summed E-state index contributed by atoms with van der Waals surface area (Å²) < 4.78 is 36.7. The Labute approximate surface area is 102 Å². The fourth-order valence-electron chi connectivity index (χ4n) is 0.938. The summed E-state index contributed by atoms with van der Waals surface area (Å²) in [5, 5.41) is 3.38. The van der Waals surface area contributed by atoms with Crippen LogP contribution in [0.3, 0.4) is 0 Å². The van der Waals surface area contributed by atoms with Crippen molar-refractivity contribution in [2.45, 2.75) is 20.0 Å². The molecule has 6 heteroatoms. The molecule has 0 heterocycles. The molecule has 0 saturated heterocycles. The lowest BCUT2D eigenvalue weighted by atomic mass is 10.1. The van der Waals surface area contributed by atoms with Crippen LogP contribution in [0.1, 0.15) is 25.0 Å². The standard InChI is InChI=1S/C12H11F3NO2/c1-8(2)11(17)18-16-7-9-3-5-10(6-4-9)12(13,14)15/h3-5,7-8H,1-2H3/b16-7+. The molecule has 1 aromatic rings. The van der Waals surface area contributed by atoms with E-state index in [1.54, 1.807) is 13.8 Å². The number of rotatable bonds is 3. The smallest absolute Gasteiger partial charge is 0.318 e. The number of benzene rings is 1. The van der Waals surface area contributed by atoms with Crippen molar-refractivity contribution < 1.29 is 22.8 Å². The Kier molecular flexibility index (Phi) is 4.47. The second kappa shape index (κ2) is 5.66. The van der Waals surface area contributed by atoms with E-state index in [0.717, 1.165) is 18.3 Å². The van der Waals surface area contributed by atoms with E-state index in [4.69, 9.17) is 0 Å². The average molecular weight is 258 g/mol. The third kappa shape index (κ3) is 4.20. The highest BCUT2D eigenvalue weighted by molar-refractivity contribution is 5.80. The van der Waals surface area contributed by atoms with Crippen LogP contribution >= 0.6 is 0 Å². The van der Waals surface area contributed by atoms with Gasteiger partial charge in [-0.3, -0.25) is 0 Å². The highest BCUT2D eigenvalue weighted by atomic mass is 19.4. The SMILES string of the molecule is CC(C)C(=O)O/N=C/c1c[c]c(C(F)(F)F)cc1. The van der Waals surface area contributed by atoms with E-state index in [-0.39, 0.29) is 5.92 Å². The molecule has 1 radical (unpaired) electrons. The fourth-order valence-corrected chi connectivity index (χ4v) is 0.938. The van der Waals surface area contributed by atoms with E-state index >= 15 is 0 Å². The summed E-state index contributed by atoms with van der Waals surface area (Å²) in [5.74, 6) is -0.830. The van der Waals surface area contributed by atoms with Crippen molar-refractivity contribution >= 4 is 12.2 Å². The van der Waals surface area contributed by atoms with Gasteiger partial charge in [0.2, 0.25) is 0 Å². The van der Waals surface area contributed by atoms with Crippen molar-refractivity contribution in [3.05, 3.63) is 35.4 Å². The lowest BCUT2D eigenvalue weighted by molar-refractivity contribution is -0.147. The summed E-state index contributed by atoms with van der Waals surface area (Å²) in [6, 6.07) is 5.30. The Morgan fingerprint density at radius 1 is 1.44 bits per heavy atom. The number of oxime groups is 1. The van der Waals surface area contributed by atoms with E-state index in [1.807, 2.05) is 0 Å². The molecule has 0 unspecified atom stereocenters. The van der Waals surface area contributed by atoms with Crippen LogP contribution in [-0.2, 0) is 15.8 Å². The minimum absolute atomic E-state index is 0.318. The van der Waals surface area contributed by atoms with Gasteiger partial charge < -0.3 is 4.84 Å². The summed E-state index contributed by atoms with van der Waals surface area (Å²) in [7, 11) is 0. The van der Waals surface area contributed by atoms with E-state index in [2.05, 4.69) is 16.1 Å². The minimum Gasteiger partial charge on any atom is -0.318 e. The Bertz CT molecular complexity index is 436. The van der Waals surface area contributed by atoms with Crippen molar-refractivity contribution in [3.8, 4) is 0 Å². The van der Waals surface area contributed by atoms with E-state index < -0.39 is 17.7 Å². The zero-order chi connectivity index (χ0) is 13.8. The van der Waals surface area contributed by atoms with Gasteiger partial charge in [0.05, 0.1) is 17.7 Å². The first kappa shape index (κ1) is 14.2. The summed E-state index contributed by atoms with van der Waals surface area (Å²) in [6.45, 7) is 3.29. The molecule has 1 rings (SSSR count). The van der Waals surface area contributed by atoms with Crippen LogP contribution in [-0.4, -0.2) is 12.2 Å². The molecule has 0 aliphatic rings. The predicted octanol–water partition coefficient (Wildman–Crippen LogP) is 3.04. The monoisotopic (exact) mass is 258 g/mol. The molecule has 0 bridgehead atoms. The number of nitrogens with zero attached hydrogens (tertiary/aromatic N) is 1. The van der Waals surface area contributed by atoms with Gasteiger partial charge in [0.1, 0.15) is 0 Å². The summed E-state index contributed by atoms with van der Waals surface area (Å²) in [5.41, 5.74) is -0.501. The third-order valence-corrected chi connectivity index (χ3v) is 1.96. The zero-order valence-corrected chi connectivity index (χ0v) is 9.78. The molecule has 1 aromatic carbocycles. The molecule has 97 valence electrons. The van der Waals surface area contributed by atoms with Gasteiger partial charge >= 0.3 is 12.1 Å². The van der Waals surface area contributed by atoms with Gasteiger partial charge in [0.15, 0.2) is 0 Å². The van der Waals surface area contributed by atoms with Gasteiger partial charge in [-0.05, 0) is 23.8 Å². The van der Waals surface area contributed by atoms with Crippen LogP contribution in [0.15, 0.2) is 23.4 Å². The summed E-state index contributed by atoms with van der Waals surface area (Å²) in [4.78, 5) is 15.5. The first-order chi connectivity index (χ1) is 8.30. The molecule has 3 nitrogen and oxygen atoms in total. The molecule has 0 N–H and O–H groups in total. The number of hydrogen-bond acceptors (Lipinski definition) is 3. The number of carbonyl (C=O) groups excluding carboxylic acids is 1. The highest BCUT2D eigenvalue weighted by Crippen LogP contribution is 2.28. The molecule has 0 atom stereocenters. The molecule has 0 aromatic heterocycles. The van der Waals surface area contributed by atoms with Crippen LogP contribution in [0, 0.1) is 12.0 Å². The molecule has 18 heavy (non-hydrogen) atoms. The first-order valence-corrected chi connectivity index (χ1v) is 5.14. The number of hydrogen-bond donors (Lipinski definition) is 0. The van der Waals surface area contributed by atoms with Crippen LogP contribution in [0.5, 0.6) is 0 Å². The van der Waals surface area contributed by atoms with Crippen LogP contribution in [0.4, 0.5) is 13.2 Å². The maximum absolute atomic E-state index is 12.2.